The zero-order valence-electron chi connectivity index (χ0n) is 13.8. The summed E-state index contributed by atoms with van der Waals surface area (Å²) in [6.07, 6.45) is 4.01. The Kier molecular flexibility index (Phi) is 8.40. The second kappa shape index (κ2) is 9.80. The molecule has 0 saturated carbocycles. The number of aliphatic hydroxyl groups excluding tert-OH is 1. The molecule has 3 unspecified atom stereocenters. The predicted octanol–water partition coefficient (Wildman–Crippen LogP) is 4.35. The molecule has 1 aromatic carbocycles. The molecule has 0 aliphatic rings. The van der Waals surface area contributed by atoms with Crippen LogP contribution in [0.5, 0.6) is 5.75 Å². The van der Waals surface area contributed by atoms with Gasteiger partial charge in [0.15, 0.2) is 0 Å². The number of benzene rings is 1. The maximum absolute atomic E-state index is 10.3. The van der Waals surface area contributed by atoms with Crippen molar-refractivity contribution in [3.05, 3.63) is 29.8 Å². The van der Waals surface area contributed by atoms with Crippen molar-refractivity contribution >= 4 is 0 Å². The fraction of sp³-hybridized carbons (Fsp3) is 0.667. The molecule has 3 heteroatoms. The third kappa shape index (κ3) is 6.06. The SMILES string of the molecule is CCCCC(CC)COC(C)C(O)c1ccc(OC)cc1. The lowest BCUT2D eigenvalue weighted by atomic mass is 10.00. The Morgan fingerprint density at radius 1 is 1.14 bits per heavy atom. The van der Waals surface area contributed by atoms with E-state index in [1.165, 1.54) is 19.3 Å². The van der Waals surface area contributed by atoms with Crippen LogP contribution in [-0.4, -0.2) is 24.9 Å². The number of unbranched alkanes of at least 4 members (excludes halogenated alkanes) is 1. The van der Waals surface area contributed by atoms with Crippen molar-refractivity contribution in [2.45, 2.75) is 58.7 Å². The van der Waals surface area contributed by atoms with Crippen molar-refractivity contribution in [2.75, 3.05) is 13.7 Å². The molecule has 0 heterocycles. The predicted molar refractivity (Wildman–Crippen MR) is 86.7 cm³/mol. The molecular formula is C18H30O3. The maximum Gasteiger partial charge on any atom is 0.118 e. The van der Waals surface area contributed by atoms with Crippen molar-refractivity contribution in [3.8, 4) is 5.75 Å². The fourth-order valence-corrected chi connectivity index (χ4v) is 2.35. The minimum atomic E-state index is -0.598. The molecule has 1 aromatic rings. The van der Waals surface area contributed by atoms with Gasteiger partial charge in [0.05, 0.1) is 13.2 Å². The van der Waals surface area contributed by atoms with Crippen LogP contribution in [-0.2, 0) is 4.74 Å². The lowest BCUT2D eigenvalue weighted by Crippen LogP contribution is -2.22. The summed E-state index contributed by atoms with van der Waals surface area (Å²) in [5.74, 6) is 1.39. The van der Waals surface area contributed by atoms with Gasteiger partial charge in [0, 0.05) is 6.61 Å². The Hall–Kier alpha value is -1.06. The molecule has 0 radical (unpaired) electrons. The van der Waals surface area contributed by atoms with E-state index < -0.39 is 6.10 Å². The topological polar surface area (TPSA) is 38.7 Å². The fourth-order valence-electron chi connectivity index (χ4n) is 2.35. The highest BCUT2D eigenvalue weighted by atomic mass is 16.5. The average Bonchev–Trinajstić information content (AvgIpc) is 2.54. The van der Waals surface area contributed by atoms with E-state index in [1.54, 1.807) is 7.11 Å². The van der Waals surface area contributed by atoms with Gasteiger partial charge < -0.3 is 14.6 Å². The van der Waals surface area contributed by atoms with E-state index in [0.717, 1.165) is 24.3 Å². The van der Waals surface area contributed by atoms with E-state index >= 15 is 0 Å². The van der Waals surface area contributed by atoms with Crippen molar-refractivity contribution in [1.29, 1.82) is 0 Å². The van der Waals surface area contributed by atoms with Crippen molar-refractivity contribution in [3.63, 3.8) is 0 Å². The number of rotatable bonds is 10. The zero-order chi connectivity index (χ0) is 15.7. The number of hydrogen-bond acceptors (Lipinski definition) is 3. The molecule has 1 rings (SSSR count). The van der Waals surface area contributed by atoms with Gasteiger partial charge in [-0.2, -0.15) is 0 Å². The van der Waals surface area contributed by atoms with E-state index in [1.807, 2.05) is 31.2 Å². The summed E-state index contributed by atoms with van der Waals surface area (Å²) in [5.41, 5.74) is 0.866. The van der Waals surface area contributed by atoms with E-state index in [4.69, 9.17) is 9.47 Å². The van der Waals surface area contributed by atoms with Gasteiger partial charge in [0.2, 0.25) is 0 Å². The quantitative estimate of drug-likeness (QED) is 0.697. The van der Waals surface area contributed by atoms with Crippen molar-refractivity contribution < 1.29 is 14.6 Å². The number of aliphatic hydroxyl groups is 1. The van der Waals surface area contributed by atoms with E-state index in [0.29, 0.717) is 5.92 Å². The summed E-state index contributed by atoms with van der Waals surface area (Å²) in [6.45, 7) is 7.07. The Morgan fingerprint density at radius 2 is 1.81 bits per heavy atom. The lowest BCUT2D eigenvalue weighted by molar-refractivity contribution is -0.0421. The number of ether oxygens (including phenoxy) is 2. The van der Waals surface area contributed by atoms with Gasteiger partial charge in [0.1, 0.15) is 11.9 Å². The van der Waals surface area contributed by atoms with Crippen LogP contribution >= 0.6 is 0 Å². The molecule has 0 bridgehead atoms. The van der Waals surface area contributed by atoms with Crippen LogP contribution in [0.2, 0.25) is 0 Å². The average molecular weight is 294 g/mol. The summed E-state index contributed by atoms with van der Waals surface area (Å²) in [5, 5.41) is 10.3. The first kappa shape index (κ1) is 18.0. The molecule has 120 valence electrons. The number of methoxy groups -OCH3 is 1. The molecule has 3 nitrogen and oxygen atoms in total. The second-order valence-corrected chi connectivity index (χ2v) is 5.67. The van der Waals surface area contributed by atoms with Crippen LogP contribution < -0.4 is 4.74 Å². The Balaban J connectivity index is 2.47. The van der Waals surface area contributed by atoms with Gasteiger partial charge >= 0.3 is 0 Å². The van der Waals surface area contributed by atoms with E-state index in [9.17, 15) is 5.11 Å². The van der Waals surface area contributed by atoms with Gasteiger partial charge in [-0.25, -0.2) is 0 Å². The largest absolute Gasteiger partial charge is 0.497 e. The summed E-state index contributed by atoms with van der Waals surface area (Å²) in [4.78, 5) is 0. The van der Waals surface area contributed by atoms with Crippen molar-refractivity contribution in [2.24, 2.45) is 5.92 Å². The molecule has 0 spiro atoms. The Labute approximate surface area is 129 Å². The van der Waals surface area contributed by atoms with Gasteiger partial charge in [0.25, 0.3) is 0 Å². The van der Waals surface area contributed by atoms with Crippen LogP contribution in [0.4, 0.5) is 0 Å². The highest BCUT2D eigenvalue weighted by Gasteiger charge is 2.18. The molecule has 21 heavy (non-hydrogen) atoms. The Morgan fingerprint density at radius 3 is 2.33 bits per heavy atom. The Bertz CT molecular complexity index is 375. The van der Waals surface area contributed by atoms with Crippen LogP contribution in [0, 0.1) is 5.92 Å². The van der Waals surface area contributed by atoms with Crippen LogP contribution in [0.25, 0.3) is 0 Å². The van der Waals surface area contributed by atoms with Gasteiger partial charge in [-0.15, -0.1) is 0 Å². The summed E-state index contributed by atoms with van der Waals surface area (Å²) in [7, 11) is 1.64. The molecule has 0 fully saturated rings. The highest BCUT2D eigenvalue weighted by molar-refractivity contribution is 5.28. The first-order valence-corrected chi connectivity index (χ1v) is 8.05. The highest BCUT2D eigenvalue weighted by Crippen LogP contribution is 2.23. The molecule has 0 aliphatic carbocycles. The van der Waals surface area contributed by atoms with Gasteiger partial charge in [-0.1, -0.05) is 45.2 Å². The second-order valence-electron chi connectivity index (χ2n) is 5.67. The van der Waals surface area contributed by atoms with E-state index in [2.05, 4.69) is 13.8 Å². The summed E-state index contributed by atoms with van der Waals surface area (Å²) >= 11 is 0. The van der Waals surface area contributed by atoms with Gasteiger partial charge in [-0.3, -0.25) is 0 Å². The molecule has 0 aromatic heterocycles. The third-order valence-electron chi connectivity index (χ3n) is 4.04. The summed E-state index contributed by atoms with van der Waals surface area (Å²) < 4.78 is 11.0. The smallest absolute Gasteiger partial charge is 0.118 e. The third-order valence-corrected chi connectivity index (χ3v) is 4.04. The molecular weight excluding hydrogens is 264 g/mol. The van der Waals surface area contributed by atoms with Crippen LogP contribution in [0.15, 0.2) is 24.3 Å². The standard InChI is InChI=1S/C18H30O3/c1-5-7-8-15(6-2)13-21-14(3)18(19)16-9-11-17(20-4)12-10-16/h9-12,14-15,18-19H,5-8,13H2,1-4H3. The minimum absolute atomic E-state index is 0.200. The minimum Gasteiger partial charge on any atom is -0.497 e. The maximum atomic E-state index is 10.3. The molecule has 0 aliphatic heterocycles. The molecule has 3 atom stereocenters. The first-order valence-electron chi connectivity index (χ1n) is 8.05. The lowest BCUT2D eigenvalue weighted by Gasteiger charge is -2.23. The van der Waals surface area contributed by atoms with Crippen molar-refractivity contribution in [1.82, 2.24) is 0 Å². The molecule has 0 saturated heterocycles. The van der Waals surface area contributed by atoms with Crippen LogP contribution in [0.1, 0.15) is 58.1 Å². The zero-order valence-corrected chi connectivity index (χ0v) is 13.8. The monoisotopic (exact) mass is 294 g/mol. The molecule has 0 amide bonds. The number of hydrogen-bond donors (Lipinski definition) is 1. The summed E-state index contributed by atoms with van der Waals surface area (Å²) in [6, 6.07) is 7.50. The molecule has 1 N–H and O–H groups in total. The van der Waals surface area contributed by atoms with E-state index in [-0.39, 0.29) is 6.10 Å². The van der Waals surface area contributed by atoms with Crippen LogP contribution in [0.3, 0.4) is 0 Å². The first-order chi connectivity index (χ1) is 10.1. The normalized spacial score (nSPS) is 15.5. The van der Waals surface area contributed by atoms with Gasteiger partial charge in [-0.05, 0) is 37.0 Å².